The maximum Gasteiger partial charge on any atom is 0.275 e. The summed E-state index contributed by atoms with van der Waals surface area (Å²) in [6.45, 7) is 7.61. The molecule has 0 radical (unpaired) electrons. The second-order valence-corrected chi connectivity index (χ2v) is 12.1. The predicted molar refractivity (Wildman–Crippen MR) is 126 cm³/mol. The van der Waals surface area contributed by atoms with Crippen LogP contribution in [-0.4, -0.2) is 42.8 Å². The maximum atomic E-state index is 15.1. The Hall–Kier alpha value is -3.07. The van der Waals surface area contributed by atoms with Crippen LogP contribution in [0.25, 0.3) is 0 Å². The Morgan fingerprint density at radius 1 is 1.42 bits per heavy atom. The highest BCUT2D eigenvalue weighted by Crippen LogP contribution is 2.67. The molecule has 0 saturated carbocycles. The van der Waals surface area contributed by atoms with Crippen LogP contribution in [0.1, 0.15) is 54.5 Å². The molecule has 0 spiro atoms. The quantitative estimate of drug-likeness (QED) is 0.537. The summed E-state index contributed by atoms with van der Waals surface area (Å²) in [5.74, 6) is -0.801. The lowest BCUT2D eigenvalue weighted by atomic mass is 9.90. The number of nitrogens with zero attached hydrogens (tertiary/aromatic N) is 4. The van der Waals surface area contributed by atoms with Gasteiger partial charge in [0, 0.05) is 12.7 Å². The molecule has 5 N–H and O–H groups in total. The number of anilines is 1. The maximum absolute atomic E-state index is 15.1. The molecular weight excluding hydrogens is 445 g/mol. The molecule has 4 rings (SSSR count). The van der Waals surface area contributed by atoms with Gasteiger partial charge < -0.3 is 15.6 Å². The van der Waals surface area contributed by atoms with E-state index in [1.165, 1.54) is 18.3 Å². The van der Waals surface area contributed by atoms with Crippen molar-refractivity contribution in [2.75, 3.05) is 11.9 Å². The Bertz CT molecular complexity index is 1230. The monoisotopic (exact) mass is 471 g/mol. The average molecular weight is 472 g/mol. The van der Waals surface area contributed by atoms with Crippen molar-refractivity contribution in [1.82, 2.24) is 14.7 Å². The number of nitriles is 1. The minimum Gasteiger partial charge on any atom is -0.386 e. The highest BCUT2D eigenvalue weighted by molar-refractivity contribution is 8.29. The highest BCUT2D eigenvalue weighted by Gasteiger charge is 2.61. The van der Waals surface area contributed by atoms with Crippen LogP contribution >= 0.6 is 10.5 Å². The molecule has 0 bridgehead atoms. The third-order valence-corrected chi connectivity index (χ3v) is 10.4. The average Bonchev–Trinajstić information content (AvgIpc) is 3.18. The molecule has 1 saturated heterocycles. The number of carbonyl (C=O) groups is 1. The van der Waals surface area contributed by atoms with E-state index in [0.717, 1.165) is 0 Å². The first-order valence-electron chi connectivity index (χ1n) is 10.4. The molecule has 2 aromatic heterocycles. The van der Waals surface area contributed by atoms with Gasteiger partial charge in [0.15, 0.2) is 0 Å². The molecule has 0 aromatic carbocycles. The lowest BCUT2D eigenvalue weighted by Crippen LogP contribution is -2.57. The van der Waals surface area contributed by atoms with E-state index in [2.05, 4.69) is 25.0 Å². The van der Waals surface area contributed by atoms with Crippen LogP contribution in [-0.2, 0) is 5.54 Å². The second-order valence-electron chi connectivity index (χ2n) is 8.93. The molecule has 11 heteroatoms. The van der Waals surface area contributed by atoms with Crippen LogP contribution in [0, 0.1) is 24.1 Å². The van der Waals surface area contributed by atoms with Crippen LogP contribution in [0.4, 0.5) is 10.2 Å². The van der Waals surface area contributed by atoms with Crippen molar-refractivity contribution in [3.05, 3.63) is 52.7 Å². The summed E-state index contributed by atoms with van der Waals surface area (Å²) in [5, 5.41) is 11.2. The summed E-state index contributed by atoms with van der Waals surface area (Å²) >= 11 is 0. The molecular formula is C22H26FN7O2S. The minimum atomic E-state index is -2.47. The van der Waals surface area contributed by atoms with Gasteiger partial charge in [-0.15, -0.1) is 0 Å². The topological polar surface area (TPSA) is 149 Å². The molecule has 2 aliphatic heterocycles. The van der Waals surface area contributed by atoms with E-state index in [-0.39, 0.29) is 23.0 Å². The van der Waals surface area contributed by atoms with Crippen molar-refractivity contribution < 1.29 is 13.7 Å². The van der Waals surface area contributed by atoms with E-state index >= 15 is 4.39 Å². The van der Waals surface area contributed by atoms with Gasteiger partial charge in [0.2, 0.25) is 0 Å². The van der Waals surface area contributed by atoms with E-state index < -0.39 is 37.8 Å². The summed E-state index contributed by atoms with van der Waals surface area (Å²) in [7, 11) is -2.47. The fourth-order valence-electron chi connectivity index (χ4n) is 4.50. The predicted octanol–water partition coefficient (Wildman–Crippen LogP) is 2.97. The van der Waals surface area contributed by atoms with Gasteiger partial charge in [-0.3, -0.25) is 14.5 Å². The smallest absolute Gasteiger partial charge is 0.275 e. The van der Waals surface area contributed by atoms with Gasteiger partial charge in [-0.2, -0.15) is 5.26 Å². The number of carbonyl (C=O) groups excluding carboxylic acids is 1. The number of halogens is 1. The molecule has 1 amide bonds. The number of aromatic nitrogens is 2. The van der Waals surface area contributed by atoms with E-state index in [1.807, 2.05) is 19.9 Å². The Labute approximate surface area is 193 Å². The molecule has 33 heavy (non-hydrogen) atoms. The fraction of sp³-hybridized carbons (Fsp3) is 0.409. The lowest BCUT2D eigenvalue weighted by molar-refractivity contribution is 0.102. The van der Waals surface area contributed by atoms with Gasteiger partial charge in [-0.1, -0.05) is 10.5 Å². The number of nitrogens with one attached hydrogen (secondary N) is 2. The Morgan fingerprint density at radius 2 is 2.15 bits per heavy atom. The third kappa shape index (κ3) is 3.45. The molecule has 3 atom stereocenters. The zero-order chi connectivity index (χ0) is 24.2. The van der Waals surface area contributed by atoms with E-state index in [0.29, 0.717) is 24.1 Å². The molecule has 1 unspecified atom stereocenters. The third-order valence-electron chi connectivity index (χ3n) is 6.50. The molecule has 2 aromatic rings. The summed E-state index contributed by atoms with van der Waals surface area (Å²) in [6.07, 6.45) is 1.89. The van der Waals surface area contributed by atoms with Crippen LogP contribution in [0.15, 0.2) is 29.4 Å². The van der Waals surface area contributed by atoms with Gasteiger partial charge >= 0.3 is 0 Å². The van der Waals surface area contributed by atoms with Crippen molar-refractivity contribution in [3.63, 3.8) is 0 Å². The van der Waals surface area contributed by atoms with E-state index in [4.69, 9.17) is 11.0 Å². The second kappa shape index (κ2) is 7.76. The van der Waals surface area contributed by atoms with Gasteiger partial charge in [-0.05, 0) is 57.9 Å². The summed E-state index contributed by atoms with van der Waals surface area (Å²) in [5.41, 5.74) is 6.05. The number of aliphatic imine (C=N–C) groups is 1. The normalized spacial score (nSPS) is 29.8. The molecule has 1 fully saturated rings. The first kappa shape index (κ1) is 23.1. The van der Waals surface area contributed by atoms with E-state index in [9.17, 15) is 9.35 Å². The minimum absolute atomic E-state index is 0.00267. The highest BCUT2D eigenvalue weighted by atomic mass is 32.3. The number of fused-ring (bicyclic) bond motifs is 1. The largest absolute Gasteiger partial charge is 0.386 e. The number of hydrogen-bond acceptors (Lipinski definition) is 8. The van der Waals surface area contributed by atoms with E-state index in [1.54, 1.807) is 19.9 Å². The van der Waals surface area contributed by atoms with Gasteiger partial charge in [0.05, 0.1) is 15.6 Å². The van der Waals surface area contributed by atoms with Crippen LogP contribution in [0.3, 0.4) is 0 Å². The van der Waals surface area contributed by atoms with Crippen LogP contribution < -0.4 is 15.8 Å². The van der Waals surface area contributed by atoms with Crippen LogP contribution in [0.2, 0.25) is 0 Å². The van der Waals surface area contributed by atoms with Gasteiger partial charge in [-0.25, -0.2) is 14.4 Å². The summed E-state index contributed by atoms with van der Waals surface area (Å²) in [6, 6.07) is 6.10. The zero-order valence-corrected chi connectivity index (χ0v) is 19.6. The summed E-state index contributed by atoms with van der Waals surface area (Å²) in [4.78, 5) is 25.9. The first-order chi connectivity index (χ1) is 15.4. The number of amides is 1. The molecule has 0 aliphatic carbocycles. The SMILES string of the molecule is Cc1cc(C#N)cnc1C(=O)Nc1ccc(F)c([C@@]2(C)N=C(N)C(C)(C)S3(O)NCC[C@@H]23)n1. The Morgan fingerprint density at radius 3 is 2.82 bits per heavy atom. The van der Waals surface area contributed by atoms with Crippen molar-refractivity contribution >= 4 is 28.1 Å². The first-order valence-corrected chi connectivity index (χ1v) is 12.1. The molecule has 4 heterocycles. The zero-order valence-electron chi connectivity index (χ0n) is 18.8. The molecule has 174 valence electrons. The van der Waals surface area contributed by atoms with Crippen LogP contribution in [0.5, 0.6) is 0 Å². The van der Waals surface area contributed by atoms with Crippen molar-refractivity contribution in [2.45, 2.75) is 49.7 Å². The summed E-state index contributed by atoms with van der Waals surface area (Å²) < 4.78 is 29.1. The fourth-order valence-corrected chi connectivity index (χ4v) is 7.86. The number of rotatable bonds is 3. The standard InChI is InChI=1S/C22H26FN7O2S/c1-12-9-13(10-24)11-26-17(12)19(31)29-16-6-5-14(23)18(28-16)22(4)15-7-8-27-33(15,32)21(2,3)20(25)30-22/h5-6,9,11,15,27,32H,7-8H2,1-4H3,(H2,25,30)(H,28,29,31)/t15-,22-/m0/s1. The van der Waals surface area contributed by atoms with Gasteiger partial charge in [0.25, 0.3) is 5.91 Å². The van der Waals surface area contributed by atoms with Gasteiger partial charge in [0.1, 0.15) is 40.5 Å². The number of pyridine rings is 2. The lowest BCUT2D eigenvalue weighted by Gasteiger charge is -2.55. The Kier molecular flexibility index (Phi) is 5.43. The molecule has 9 nitrogen and oxygen atoms in total. The van der Waals surface area contributed by atoms with Crippen molar-refractivity contribution in [1.29, 1.82) is 5.26 Å². The van der Waals surface area contributed by atoms with Crippen molar-refractivity contribution in [3.8, 4) is 6.07 Å². The number of hydrogen-bond donors (Lipinski definition) is 4. The van der Waals surface area contributed by atoms with Crippen molar-refractivity contribution in [2.24, 2.45) is 10.7 Å². The molecule has 2 aliphatic rings. The number of nitrogens with two attached hydrogens (primary N) is 1. The number of aryl methyl sites for hydroxylation is 1. The Balaban J connectivity index is 1.73. The number of amidine groups is 1.